The second kappa shape index (κ2) is 5.13. The first-order chi connectivity index (χ1) is 3.18. The Hall–Kier alpha value is -0.0126. The van der Waals surface area contributed by atoms with Crippen LogP contribution in [0, 0.1) is 0 Å². The molecule has 43 valence electrons. The molecule has 0 aromatic rings. The molecule has 0 aromatic heterocycles. The van der Waals surface area contributed by atoms with Gasteiger partial charge < -0.3 is 15.3 Å². The van der Waals surface area contributed by atoms with E-state index >= 15 is 0 Å². The van der Waals surface area contributed by atoms with Crippen molar-refractivity contribution in [2.45, 2.75) is 6.10 Å². The largest absolute Gasteiger partial charge is 0.479 e. The van der Waals surface area contributed by atoms with E-state index in [2.05, 4.69) is 0 Å². The number of hydrogen-bond donors (Lipinski definition) is 3. The zero-order chi connectivity index (χ0) is 5.86. The van der Waals surface area contributed by atoms with Gasteiger partial charge in [0.25, 0.3) is 0 Å². The minimum Gasteiger partial charge on any atom is -0.479 e. The normalized spacial score (nSPS) is 11.8. The topological polar surface area (TPSA) is 77.8 Å². The first kappa shape index (κ1) is 10.9. The molecule has 0 spiro atoms. The fourth-order valence-corrected chi connectivity index (χ4v) is 0.0781. The van der Waals surface area contributed by atoms with Crippen molar-refractivity contribution in [3.05, 3.63) is 0 Å². The zero-order valence-electron chi connectivity index (χ0n) is 4.53. The smallest absolute Gasteiger partial charge is 0.334 e. The fourth-order valence-electron chi connectivity index (χ4n) is 0.0781. The van der Waals surface area contributed by atoms with E-state index in [0.29, 0.717) is 0 Å². The van der Waals surface area contributed by atoms with Crippen molar-refractivity contribution in [2.24, 2.45) is 0 Å². The van der Waals surface area contributed by atoms with Gasteiger partial charge in [0, 0.05) is 18.9 Å². The van der Waals surface area contributed by atoms with E-state index in [0.717, 1.165) is 0 Å². The molecule has 0 heterocycles. The maximum absolute atomic E-state index is 9.52. The molecule has 0 aliphatic carbocycles. The van der Waals surface area contributed by atoms with Gasteiger partial charge in [0.1, 0.15) is 0 Å². The first-order valence-electron chi connectivity index (χ1n) is 1.70. The molecule has 5 heteroatoms. The van der Waals surface area contributed by atoms with Crippen molar-refractivity contribution in [1.29, 1.82) is 0 Å². The molecule has 0 saturated carbocycles. The Morgan fingerprint density at radius 1 is 1.62 bits per heavy atom. The Labute approximate surface area is 58.3 Å². The summed E-state index contributed by atoms with van der Waals surface area (Å²) in [5, 5.41) is 23.7. The Bertz CT molecular complexity index is 73.7. The minimum absolute atomic E-state index is 0. The van der Waals surface area contributed by atoms with Gasteiger partial charge in [-0.05, 0) is 0 Å². The molecular weight excluding hydrogens is 107 g/mol. The molecule has 0 aromatic carbocycles. The van der Waals surface area contributed by atoms with Gasteiger partial charge in [-0.2, -0.15) is 0 Å². The number of carboxylic acids is 1. The second-order valence-corrected chi connectivity index (χ2v) is 1.04. The van der Waals surface area contributed by atoms with Crippen molar-refractivity contribution in [3.63, 3.8) is 0 Å². The van der Waals surface area contributed by atoms with Crippen LogP contribution in [-0.4, -0.2) is 52.9 Å². The van der Waals surface area contributed by atoms with Crippen LogP contribution in [0.15, 0.2) is 0 Å². The molecule has 0 saturated heterocycles. The molecule has 0 amide bonds. The summed E-state index contributed by atoms with van der Waals surface area (Å²) in [6.07, 6.45) is -1.63. The van der Waals surface area contributed by atoms with Crippen LogP contribution in [0.4, 0.5) is 0 Å². The molecule has 0 aliphatic heterocycles. The Balaban J connectivity index is 0. The summed E-state index contributed by atoms with van der Waals surface area (Å²) < 4.78 is 0. The maximum Gasteiger partial charge on any atom is 0.334 e. The molecule has 0 fully saturated rings. The molecule has 8 heavy (non-hydrogen) atoms. The van der Waals surface area contributed by atoms with Crippen LogP contribution in [0.2, 0.25) is 0 Å². The van der Waals surface area contributed by atoms with Crippen LogP contribution in [0.1, 0.15) is 0 Å². The Morgan fingerprint density at radius 3 is 2.00 bits per heavy atom. The summed E-state index contributed by atoms with van der Waals surface area (Å²) in [7, 11) is 0. The van der Waals surface area contributed by atoms with Gasteiger partial charge in [-0.3, -0.25) is 0 Å². The summed E-state index contributed by atoms with van der Waals surface area (Å²) in [4.78, 5) is 9.52. The summed E-state index contributed by atoms with van der Waals surface area (Å²) in [6, 6.07) is 0. The molecule has 3 N–H and O–H groups in total. The van der Waals surface area contributed by atoms with Crippen LogP contribution in [0.25, 0.3) is 0 Å². The van der Waals surface area contributed by atoms with Crippen molar-refractivity contribution in [3.8, 4) is 0 Å². The molecule has 4 nitrogen and oxygen atoms in total. The molecule has 0 bridgehead atoms. The van der Waals surface area contributed by atoms with Crippen molar-refractivity contribution in [1.82, 2.24) is 0 Å². The van der Waals surface area contributed by atoms with Gasteiger partial charge >= 0.3 is 5.97 Å². The third-order valence-corrected chi connectivity index (χ3v) is 0.458. The van der Waals surface area contributed by atoms with Crippen LogP contribution in [-0.2, 0) is 4.79 Å². The van der Waals surface area contributed by atoms with E-state index in [1.807, 2.05) is 0 Å². The quantitative estimate of drug-likeness (QED) is 0.363. The number of carbonyl (C=O) groups is 1. The predicted molar refractivity (Wildman–Crippen MR) is 26.5 cm³/mol. The molecule has 1 atom stereocenters. The van der Waals surface area contributed by atoms with E-state index in [1.165, 1.54) is 0 Å². The third-order valence-electron chi connectivity index (χ3n) is 0.458. The summed E-state index contributed by atoms with van der Waals surface area (Å²) >= 11 is 0. The molecule has 0 aliphatic rings. The average molecular weight is 113 g/mol. The van der Waals surface area contributed by atoms with Gasteiger partial charge in [0.15, 0.2) is 6.10 Å². The number of hydrogen-bond acceptors (Lipinski definition) is 3. The van der Waals surface area contributed by atoms with Gasteiger partial charge in [0.2, 0.25) is 0 Å². The van der Waals surface area contributed by atoms with Gasteiger partial charge in [-0.15, -0.1) is 0 Å². The number of aliphatic carboxylic acids is 1. The molecule has 1 radical (unpaired) electrons. The first-order valence-corrected chi connectivity index (χ1v) is 1.70. The van der Waals surface area contributed by atoms with Gasteiger partial charge in [-0.25, -0.2) is 4.79 Å². The van der Waals surface area contributed by atoms with Gasteiger partial charge in [-0.1, -0.05) is 0 Å². The van der Waals surface area contributed by atoms with E-state index in [1.54, 1.807) is 0 Å². The Kier molecular flexibility index (Phi) is 6.98. The van der Waals surface area contributed by atoms with Crippen molar-refractivity contribution in [2.75, 3.05) is 6.61 Å². The SMILES string of the molecule is O=C(O)[C@H](O)CO.[Li]. The van der Waals surface area contributed by atoms with E-state index < -0.39 is 18.7 Å². The van der Waals surface area contributed by atoms with Crippen LogP contribution in [0.5, 0.6) is 0 Å². The number of rotatable bonds is 2. The van der Waals surface area contributed by atoms with Crippen LogP contribution < -0.4 is 0 Å². The van der Waals surface area contributed by atoms with Crippen molar-refractivity contribution < 1.29 is 20.1 Å². The standard InChI is InChI=1S/C3H6O4.Li/c4-1-2(5)3(6)7;/h2,4-5H,1H2,(H,6,7);/t2-;/m1./s1. The van der Waals surface area contributed by atoms with Crippen molar-refractivity contribution >= 4 is 24.8 Å². The zero-order valence-corrected chi connectivity index (χ0v) is 4.53. The minimum atomic E-state index is -1.63. The third kappa shape index (κ3) is 4.15. The fraction of sp³-hybridized carbons (Fsp3) is 0.667. The van der Waals surface area contributed by atoms with E-state index in [9.17, 15) is 4.79 Å². The van der Waals surface area contributed by atoms with Gasteiger partial charge in [0.05, 0.1) is 6.61 Å². The summed E-state index contributed by atoms with van der Waals surface area (Å²) in [5.41, 5.74) is 0. The number of aliphatic hydroxyl groups is 2. The predicted octanol–water partition coefficient (Wildman–Crippen LogP) is -1.96. The summed E-state index contributed by atoms with van der Waals surface area (Å²) in [6.45, 7) is -0.727. The van der Waals surface area contributed by atoms with E-state index in [-0.39, 0.29) is 18.9 Å². The molecule has 0 unspecified atom stereocenters. The second-order valence-electron chi connectivity index (χ2n) is 1.04. The Morgan fingerprint density at radius 2 is 2.00 bits per heavy atom. The van der Waals surface area contributed by atoms with Crippen LogP contribution >= 0.6 is 0 Å². The van der Waals surface area contributed by atoms with Crippen LogP contribution in [0.3, 0.4) is 0 Å². The average Bonchev–Trinajstić information content (AvgIpc) is 1.65. The molecule has 0 rings (SSSR count). The molecular formula is C3H6LiO4. The number of carboxylic acid groups (broad SMARTS) is 1. The van der Waals surface area contributed by atoms with E-state index in [4.69, 9.17) is 15.3 Å². The maximum atomic E-state index is 9.52. The monoisotopic (exact) mass is 113 g/mol. The summed E-state index contributed by atoms with van der Waals surface area (Å²) in [5.74, 6) is -1.40. The number of aliphatic hydroxyl groups excluding tert-OH is 2.